The van der Waals surface area contributed by atoms with Crippen molar-refractivity contribution in [3.8, 4) is 0 Å². The third-order valence-electron chi connectivity index (χ3n) is 5.54. The molecule has 3 heterocycles. The number of likely N-dealkylation sites (tertiary alicyclic amines) is 1. The molecule has 1 aliphatic carbocycles. The summed E-state index contributed by atoms with van der Waals surface area (Å²) in [6.45, 7) is 3.96. The minimum absolute atomic E-state index is 0.116. The second-order valence-corrected chi connectivity index (χ2v) is 7.29. The minimum atomic E-state index is 0.116. The number of carbonyl (C=O) groups is 1. The van der Waals surface area contributed by atoms with Crippen molar-refractivity contribution in [3.63, 3.8) is 0 Å². The molecular formula is C18H26N4O. The molecule has 0 aromatic carbocycles. The third-order valence-corrected chi connectivity index (χ3v) is 5.54. The standard InChI is InChI=1S/C18H26N4O/c1-13(14-8-9-14)12-17(23)21-11-5-6-15(21)18-20-19-16-7-3-2-4-10-22(16)18/h12,14-15H,2-11H2,1H3/b13-12-/t15-/m1/s1. The van der Waals surface area contributed by atoms with Crippen LogP contribution in [0.4, 0.5) is 0 Å². The van der Waals surface area contributed by atoms with Gasteiger partial charge in [-0.3, -0.25) is 4.79 Å². The lowest BCUT2D eigenvalue weighted by atomic mass is 10.1. The summed E-state index contributed by atoms with van der Waals surface area (Å²) >= 11 is 0. The van der Waals surface area contributed by atoms with Crippen LogP contribution in [0.15, 0.2) is 11.6 Å². The Balaban J connectivity index is 1.57. The number of fused-ring (bicyclic) bond motifs is 1. The highest BCUT2D eigenvalue weighted by Crippen LogP contribution is 2.37. The molecule has 2 aliphatic heterocycles. The summed E-state index contributed by atoms with van der Waals surface area (Å²) in [5.41, 5.74) is 1.25. The van der Waals surface area contributed by atoms with Crippen molar-refractivity contribution in [2.75, 3.05) is 6.54 Å². The van der Waals surface area contributed by atoms with Crippen molar-refractivity contribution in [2.45, 2.75) is 70.9 Å². The van der Waals surface area contributed by atoms with Crippen LogP contribution in [0.25, 0.3) is 0 Å². The first-order valence-corrected chi connectivity index (χ1v) is 9.15. The molecule has 0 N–H and O–H groups in total. The molecular weight excluding hydrogens is 288 g/mol. The zero-order chi connectivity index (χ0) is 15.8. The highest BCUT2D eigenvalue weighted by Gasteiger charge is 2.34. The Labute approximate surface area is 137 Å². The topological polar surface area (TPSA) is 51.0 Å². The maximum absolute atomic E-state index is 12.7. The van der Waals surface area contributed by atoms with Crippen LogP contribution in [0.1, 0.15) is 69.6 Å². The van der Waals surface area contributed by atoms with Gasteiger partial charge in [-0.1, -0.05) is 12.0 Å². The largest absolute Gasteiger partial charge is 0.329 e. The molecule has 0 radical (unpaired) electrons. The molecule has 5 heteroatoms. The van der Waals surface area contributed by atoms with E-state index in [1.54, 1.807) is 0 Å². The third kappa shape index (κ3) is 2.93. The van der Waals surface area contributed by atoms with Crippen LogP contribution < -0.4 is 0 Å². The van der Waals surface area contributed by atoms with Gasteiger partial charge >= 0.3 is 0 Å². The first kappa shape index (κ1) is 14.9. The normalized spacial score (nSPS) is 25.3. The average Bonchev–Trinajstić information content (AvgIpc) is 3.23. The lowest BCUT2D eigenvalue weighted by Crippen LogP contribution is -2.31. The van der Waals surface area contributed by atoms with Gasteiger partial charge in [0.25, 0.3) is 0 Å². The zero-order valence-electron chi connectivity index (χ0n) is 14.0. The van der Waals surface area contributed by atoms with Crippen molar-refractivity contribution in [1.82, 2.24) is 19.7 Å². The Hall–Kier alpha value is -1.65. The van der Waals surface area contributed by atoms with Gasteiger partial charge in [0.1, 0.15) is 5.82 Å². The molecule has 124 valence electrons. The zero-order valence-corrected chi connectivity index (χ0v) is 14.0. The lowest BCUT2D eigenvalue weighted by Gasteiger charge is -2.23. The van der Waals surface area contributed by atoms with E-state index in [-0.39, 0.29) is 11.9 Å². The summed E-state index contributed by atoms with van der Waals surface area (Å²) < 4.78 is 2.29. The first-order valence-electron chi connectivity index (χ1n) is 9.15. The molecule has 3 aliphatic rings. The fraction of sp³-hybridized carbons (Fsp3) is 0.722. The van der Waals surface area contributed by atoms with Gasteiger partial charge in [-0.2, -0.15) is 0 Å². The predicted molar refractivity (Wildman–Crippen MR) is 87.7 cm³/mol. The number of carbonyl (C=O) groups excluding carboxylic acids is 1. The van der Waals surface area contributed by atoms with Crippen LogP contribution in [-0.4, -0.2) is 32.1 Å². The molecule has 23 heavy (non-hydrogen) atoms. The SMILES string of the molecule is C/C(=C/C(=O)N1CCC[C@@H]1c1nnc2n1CCCCC2)C1CC1. The van der Waals surface area contributed by atoms with Crippen LogP contribution in [0.3, 0.4) is 0 Å². The van der Waals surface area contributed by atoms with E-state index in [9.17, 15) is 4.79 Å². The van der Waals surface area contributed by atoms with Crippen LogP contribution in [0.5, 0.6) is 0 Å². The van der Waals surface area contributed by atoms with E-state index in [1.165, 1.54) is 37.7 Å². The van der Waals surface area contributed by atoms with Crippen molar-refractivity contribution < 1.29 is 4.79 Å². The van der Waals surface area contributed by atoms with Crippen LogP contribution in [-0.2, 0) is 17.8 Å². The number of amides is 1. The maximum Gasteiger partial charge on any atom is 0.247 e. The number of nitrogens with zero attached hydrogens (tertiary/aromatic N) is 4. The second kappa shape index (κ2) is 6.10. The summed E-state index contributed by atoms with van der Waals surface area (Å²) in [7, 11) is 0. The van der Waals surface area contributed by atoms with Crippen LogP contribution in [0, 0.1) is 5.92 Å². The molecule has 1 saturated heterocycles. The highest BCUT2D eigenvalue weighted by molar-refractivity contribution is 5.88. The minimum Gasteiger partial charge on any atom is -0.329 e. The fourth-order valence-corrected chi connectivity index (χ4v) is 3.99. The summed E-state index contributed by atoms with van der Waals surface area (Å²) in [5.74, 6) is 2.96. The van der Waals surface area contributed by atoms with Gasteiger partial charge in [0.2, 0.25) is 5.91 Å². The Morgan fingerprint density at radius 1 is 1.09 bits per heavy atom. The highest BCUT2D eigenvalue weighted by atomic mass is 16.2. The van der Waals surface area contributed by atoms with E-state index in [0.29, 0.717) is 5.92 Å². The second-order valence-electron chi connectivity index (χ2n) is 7.29. The molecule has 4 rings (SSSR count). The Kier molecular flexibility index (Phi) is 3.95. The molecule has 1 aromatic heterocycles. The predicted octanol–water partition coefficient (Wildman–Crippen LogP) is 3.02. The van der Waals surface area contributed by atoms with Crippen molar-refractivity contribution in [2.24, 2.45) is 5.92 Å². The molecule has 0 spiro atoms. The number of hydrogen-bond donors (Lipinski definition) is 0. The van der Waals surface area contributed by atoms with Crippen molar-refractivity contribution in [1.29, 1.82) is 0 Å². The summed E-state index contributed by atoms with van der Waals surface area (Å²) in [6, 6.07) is 0.116. The Bertz CT molecular complexity index is 629. The molecule has 1 amide bonds. The lowest BCUT2D eigenvalue weighted by molar-refractivity contribution is -0.127. The van der Waals surface area contributed by atoms with Gasteiger partial charge < -0.3 is 9.47 Å². The Morgan fingerprint density at radius 2 is 1.96 bits per heavy atom. The molecule has 1 atom stereocenters. The number of aromatic nitrogens is 3. The van der Waals surface area contributed by atoms with Gasteiger partial charge in [0.05, 0.1) is 6.04 Å². The van der Waals surface area contributed by atoms with Crippen molar-refractivity contribution in [3.05, 3.63) is 23.3 Å². The summed E-state index contributed by atoms with van der Waals surface area (Å²) in [5, 5.41) is 8.89. The van der Waals surface area contributed by atoms with Gasteiger partial charge in [-0.05, 0) is 51.4 Å². The molecule has 2 fully saturated rings. The molecule has 1 saturated carbocycles. The number of aryl methyl sites for hydroxylation is 1. The van der Waals surface area contributed by atoms with E-state index in [1.807, 2.05) is 11.0 Å². The van der Waals surface area contributed by atoms with E-state index < -0.39 is 0 Å². The van der Waals surface area contributed by atoms with E-state index in [0.717, 1.165) is 44.0 Å². The van der Waals surface area contributed by atoms with E-state index in [4.69, 9.17) is 0 Å². The smallest absolute Gasteiger partial charge is 0.247 e. The van der Waals surface area contributed by atoms with Gasteiger partial charge in [-0.15, -0.1) is 10.2 Å². The Morgan fingerprint density at radius 3 is 2.78 bits per heavy atom. The monoisotopic (exact) mass is 314 g/mol. The van der Waals surface area contributed by atoms with Gasteiger partial charge in [-0.25, -0.2) is 0 Å². The summed E-state index contributed by atoms with van der Waals surface area (Å²) in [4.78, 5) is 14.7. The number of hydrogen-bond acceptors (Lipinski definition) is 3. The van der Waals surface area contributed by atoms with Crippen LogP contribution in [0.2, 0.25) is 0 Å². The molecule has 1 aromatic rings. The summed E-state index contributed by atoms with van der Waals surface area (Å²) in [6.07, 6.45) is 11.1. The average molecular weight is 314 g/mol. The van der Waals surface area contributed by atoms with Crippen LogP contribution >= 0.6 is 0 Å². The van der Waals surface area contributed by atoms with E-state index >= 15 is 0 Å². The number of allylic oxidation sites excluding steroid dienone is 1. The first-order chi connectivity index (χ1) is 11.2. The fourth-order valence-electron chi connectivity index (χ4n) is 3.99. The van der Waals surface area contributed by atoms with Gasteiger partial charge in [0, 0.05) is 25.6 Å². The molecule has 0 bridgehead atoms. The number of rotatable bonds is 3. The molecule has 0 unspecified atom stereocenters. The van der Waals surface area contributed by atoms with E-state index in [2.05, 4.69) is 21.7 Å². The van der Waals surface area contributed by atoms with Gasteiger partial charge in [0.15, 0.2) is 5.82 Å². The maximum atomic E-state index is 12.7. The molecule has 5 nitrogen and oxygen atoms in total. The quantitative estimate of drug-likeness (QED) is 0.806. The van der Waals surface area contributed by atoms with Crippen molar-refractivity contribution >= 4 is 5.91 Å².